The van der Waals surface area contributed by atoms with Crippen molar-refractivity contribution >= 4 is 23.3 Å². The molecule has 1 saturated heterocycles. The van der Waals surface area contributed by atoms with E-state index < -0.39 is 4.92 Å². The van der Waals surface area contributed by atoms with Crippen molar-refractivity contribution < 1.29 is 9.66 Å². The quantitative estimate of drug-likeness (QED) is 0.616. The number of nitro groups is 1. The van der Waals surface area contributed by atoms with Crippen molar-refractivity contribution in [3.63, 3.8) is 0 Å². The molecule has 1 aliphatic heterocycles. The highest BCUT2D eigenvalue weighted by Crippen LogP contribution is 2.33. The SMILES string of the molecule is CC1CN(c2nc(NCc3ccccc3)nc(N)c2[N+](=O)[O-])CC(C)O1. The van der Waals surface area contributed by atoms with Gasteiger partial charge in [0.1, 0.15) is 0 Å². The summed E-state index contributed by atoms with van der Waals surface area (Å²) in [5, 5.41) is 14.6. The van der Waals surface area contributed by atoms with Crippen molar-refractivity contribution in [3.05, 3.63) is 46.0 Å². The van der Waals surface area contributed by atoms with E-state index in [-0.39, 0.29) is 35.5 Å². The number of ether oxygens (including phenoxy) is 1. The average molecular weight is 358 g/mol. The first-order valence-corrected chi connectivity index (χ1v) is 8.44. The summed E-state index contributed by atoms with van der Waals surface area (Å²) in [6, 6.07) is 9.73. The highest BCUT2D eigenvalue weighted by atomic mass is 16.6. The number of hydrogen-bond donors (Lipinski definition) is 2. The molecule has 3 N–H and O–H groups in total. The van der Waals surface area contributed by atoms with Crippen LogP contribution in [0.4, 0.5) is 23.3 Å². The Balaban J connectivity index is 1.90. The maximum absolute atomic E-state index is 11.5. The van der Waals surface area contributed by atoms with Crippen molar-refractivity contribution in [2.45, 2.75) is 32.6 Å². The van der Waals surface area contributed by atoms with E-state index in [4.69, 9.17) is 10.5 Å². The molecule has 1 aromatic heterocycles. The van der Waals surface area contributed by atoms with Gasteiger partial charge in [0, 0.05) is 19.6 Å². The van der Waals surface area contributed by atoms with Gasteiger partial charge in [0.2, 0.25) is 17.6 Å². The van der Waals surface area contributed by atoms with E-state index in [1.807, 2.05) is 49.1 Å². The largest absolute Gasteiger partial charge is 0.378 e. The van der Waals surface area contributed by atoms with Crippen molar-refractivity contribution in [2.75, 3.05) is 29.0 Å². The van der Waals surface area contributed by atoms with E-state index >= 15 is 0 Å². The van der Waals surface area contributed by atoms with Crippen LogP contribution in [0, 0.1) is 10.1 Å². The molecule has 2 unspecified atom stereocenters. The van der Waals surface area contributed by atoms with E-state index in [9.17, 15) is 10.1 Å². The van der Waals surface area contributed by atoms with Crippen LogP contribution in [0.1, 0.15) is 19.4 Å². The van der Waals surface area contributed by atoms with Gasteiger partial charge in [-0.15, -0.1) is 0 Å². The average Bonchev–Trinajstić information content (AvgIpc) is 2.59. The summed E-state index contributed by atoms with van der Waals surface area (Å²) in [6.07, 6.45) is -0.120. The van der Waals surface area contributed by atoms with Crippen LogP contribution in [0.3, 0.4) is 0 Å². The van der Waals surface area contributed by atoms with Gasteiger partial charge in [0.05, 0.1) is 17.1 Å². The minimum absolute atomic E-state index is 0.0599. The monoisotopic (exact) mass is 358 g/mol. The molecule has 1 fully saturated rings. The van der Waals surface area contributed by atoms with E-state index in [0.717, 1.165) is 5.56 Å². The molecule has 2 atom stereocenters. The first-order valence-electron chi connectivity index (χ1n) is 8.44. The van der Waals surface area contributed by atoms with E-state index in [1.165, 1.54) is 0 Å². The Morgan fingerprint density at radius 3 is 2.54 bits per heavy atom. The van der Waals surface area contributed by atoms with Crippen molar-refractivity contribution in [1.29, 1.82) is 0 Å². The standard InChI is InChI=1S/C17H22N6O3/c1-11-9-22(10-12(2)26-11)16-14(23(24)25)15(18)20-17(21-16)19-8-13-6-4-3-5-7-13/h3-7,11-12H,8-10H2,1-2H3,(H3,18,19,20,21). The molecule has 9 heteroatoms. The lowest BCUT2D eigenvalue weighted by Gasteiger charge is -2.35. The smallest absolute Gasteiger partial charge is 0.353 e. The number of nitrogens with one attached hydrogen (secondary N) is 1. The lowest BCUT2D eigenvalue weighted by Crippen LogP contribution is -2.46. The predicted molar refractivity (Wildman–Crippen MR) is 99.1 cm³/mol. The first-order chi connectivity index (χ1) is 12.4. The molecule has 0 bridgehead atoms. The molecule has 0 aliphatic carbocycles. The van der Waals surface area contributed by atoms with Gasteiger partial charge in [-0.3, -0.25) is 10.1 Å². The third-order valence-electron chi connectivity index (χ3n) is 4.09. The molecule has 9 nitrogen and oxygen atoms in total. The van der Waals surface area contributed by atoms with Crippen LogP contribution in [0.15, 0.2) is 30.3 Å². The van der Waals surface area contributed by atoms with Crippen LogP contribution < -0.4 is 16.0 Å². The number of rotatable bonds is 5. The Labute approximate surface area is 151 Å². The van der Waals surface area contributed by atoms with Crippen molar-refractivity contribution in [1.82, 2.24) is 9.97 Å². The fourth-order valence-electron chi connectivity index (χ4n) is 3.06. The third kappa shape index (κ3) is 3.99. The summed E-state index contributed by atoms with van der Waals surface area (Å²) in [7, 11) is 0. The second-order valence-corrected chi connectivity index (χ2v) is 6.36. The van der Waals surface area contributed by atoms with Crippen LogP contribution in [0.5, 0.6) is 0 Å². The summed E-state index contributed by atoms with van der Waals surface area (Å²) >= 11 is 0. The summed E-state index contributed by atoms with van der Waals surface area (Å²) in [5.41, 5.74) is 6.65. The van der Waals surface area contributed by atoms with Crippen LogP contribution in [-0.4, -0.2) is 40.2 Å². The number of nitrogen functional groups attached to an aromatic ring is 1. The number of nitrogens with zero attached hydrogens (tertiary/aromatic N) is 4. The van der Waals surface area contributed by atoms with Gasteiger partial charge in [0.25, 0.3) is 0 Å². The number of hydrogen-bond acceptors (Lipinski definition) is 8. The number of nitrogens with two attached hydrogens (primary N) is 1. The number of benzene rings is 1. The number of morpholine rings is 1. The van der Waals surface area contributed by atoms with Gasteiger partial charge in [-0.1, -0.05) is 30.3 Å². The Morgan fingerprint density at radius 2 is 1.92 bits per heavy atom. The first kappa shape index (κ1) is 17.9. The Kier molecular flexibility index (Phi) is 5.17. The minimum atomic E-state index is -0.531. The molecular formula is C17H22N6O3. The molecule has 1 aliphatic rings. The van der Waals surface area contributed by atoms with Crippen molar-refractivity contribution in [2.24, 2.45) is 0 Å². The molecule has 0 amide bonds. The second kappa shape index (κ2) is 7.52. The summed E-state index contributed by atoms with van der Waals surface area (Å²) in [5.74, 6) is 0.334. The van der Waals surface area contributed by atoms with E-state index in [2.05, 4.69) is 15.3 Å². The molecule has 0 radical (unpaired) electrons. The molecule has 2 heterocycles. The second-order valence-electron chi connectivity index (χ2n) is 6.36. The molecule has 0 spiro atoms. The Hall–Kier alpha value is -2.94. The molecule has 26 heavy (non-hydrogen) atoms. The zero-order valence-electron chi connectivity index (χ0n) is 14.8. The van der Waals surface area contributed by atoms with Crippen molar-refractivity contribution in [3.8, 4) is 0 Å². The van der Waals surface area contributed by atoms with Gasteiger partial charge in [-0.05, 0) is 19.4 Å². The zero-order chi connectivity index (χ0) is 18.7. The molecular weight excluding hydrogens is 336 g/mol. The lowest BCUT2D eigenvalue weighted by atomic mass is 10.2. The molecule has 2 aromatic rings. The predicted octanol–water partition coefficient (Wildman–Crippen LogP) is 2.19. The molecule has 138 valence electrons. The number of aromatic nitrogens is 2. The van der Waals surface area contributed by atoms with Crippen LogP contribution >= 0.6 is 0 Å². The maximum Gasteiger partial charge on any atom is 0.353 e. The van der Waals surface area contributed by atoms with Crippen LogP contribution in [0.2, 0.25) is 0 Å². The number of anilines is 3. The van der Waals surface area contributed by atoms with Crippen LogP contribution in [0.25, 0.3) is 0 Å². The summed E-state index contributed by atoms with van der Waals surface area (Å²) in [4.78, 5) is 21.3. The van der Waals surface area contributed by atoms with Gasteiger partial charge in [-0.25, -0.2) is 0 Å². The fraction of sp³-hybridized carbons (Fsp3) is 0.412. The van der Waals surface area contributed by atoms with Gasteiger partial charge < -0.3 is 20.7 Å². The fourth-order valence-corrected chi connectivity index (χ4v) is 3.06. The zero-order valence-corrected chi connectivity index (χ0v) is 14.8. The Morgan fingerprint density at radius 1 is 1.27 bits per heavy atom. The van der Waals surface area contributed by atoms with Crippen LogP contribution in [-0.2, 0) is 11.3 Å². The van der Waals surface area contributed by atoms with E-state index in [1.54, 1.807) is 0 Å². The normalized spacial score (nSPS) is 20.0. The highest BCUT2D eigenvalue weighted by molar-refractivity contribution is 5.71. The summed E-state index contributed by atoms with van der Waals surface area (Å²) in [6.45, 7) is 5.34. The molecule has 0 saturated carbocycles. The summed E-state index contributed by atoms with van der Waals surface area (Å²) < 4.78 is 5.70. The topological polar surface area (TPSA) is 119 Å². The lowest BCUT2D eigenvalue weighted by molar-refractivity contribution is -0.383. The highest BCUT2D eigenvalue weighted by Gasteiger charge is 2.32. The van der Waals surface area contributed by atoms with Gasteiger partial charge in [-0.2, -0.15) is 9.97 Å². The van der Waals surface area contributed by atoms with Gasteiger partial charge in [0.15, 0.2) is 0 Å². The molecule has 3 rings (SSSR count). The maximum atomic E-state index is 11.5. The third-order valence-corrected chi connectivity index (χ3v) is 4.09. The minimum Gasteiger partial charge on any atom is -0.378 e. The Bertz CT molecular complexity index is 776. The van der Waals surface area contributed by atoms with E-state index in [0.29, 0.717) is 19.6 Å². The molecule has 1 aromatic carbocycles. The van der Waals surface area contributed by atoms with Gasteiger partial charge >= 0.3 is 5.69 Å².